The maximum absolute atomic E-state index is 5.75. The highest BCUT2D eigenvalue weighted by Crippen LogP contribution is 2.22. The number of hydrogen-bond acceptors (Lipinski definition) is 3. The van der Waals surface area contributed by atoms with Crippen LogP contribution in [0.4, 0.5) is 0 Å². The minimum absolute atomic E-state index is 0.00997. The average Bonchev–Trinajstić information content (AvgIpc) is 2.33. The maximum Gasteiger partial charge on any atom is 0.219 e. The third kappa shape index (κ3) is 3.28. The molecule has 0 unspecified atom stereocenters. The van der Waals surface area contributed by atoms with Gasteiger partial charge in [0.05, 0.1) is 0 Å². The van der Waals surface area contributed by atoms with Gasteiger partial charge < -0.3 is 10.5 Å². The molecule has 0 aliphatic carbocycles. The number of halogens is 1. The van der Waals surface area contributed by atoms with Crippen LogP contribution >= 0.6 is 15.9 Å². The number of rotatable bonds is 3. The molecular formula is C13H13BrN2O. The van der Waals surface area contributed by atoms with Crippen LogP contribution in [-0.4, -0.2) is 4.98 Å². The van der Waals surface area contributed by atoms with E-state index >= 15 is 0 Å². The highest BCUT2D eigenvalue weighted by molar-refractivity contribution is 9.10. The van der Waals surface area contributed by atoms with E-state index in [-0.39, 0.29) is 6.04 Å². The molecule has 0 saturated carbocycles. The summed E-state index contributed by atoms with van der Waals surface area (Å²) in [6.07, 6.45) is 1.73. The second-order valence-electron chi connectivity index (χ2n) is 3.77. The molecule has 0 saturated heterocycles. The van der Waals surface area contributed by atoms with E-state index in [2.05, 4.69) is 20.9 Å². The highest BCUT2D eigenvalue weighted by Gasteiger charge is 2.02. The summed E-state index contributed by atoms with van der Waals surface area (Å²) >= 11 is 3.37. The van der Waals surface area contributed by atoms with Gasteiger partial charge in [-0.15, -0.1) is 0 Å². The number of aromatic nitrogens is 1. The molecule has 3 nitrogen and oxygen atoms in total. The third-order valence-corrected chi connectivity index (χ3v) is 2.85. The van der Waals surface area contributed by atoms with Crippen molar-refractivity contribution >= 4 is 15.9 Å². The van der Waals surface area contributed by atoms with E-state index in [4.69, 9.17) is 10.5 Å². The van der Waals surface area contributed by atoms with Gasteiger partial charge in [-0.1, -0.05) is 22.0 Å². The number of pyridine rings is 1. The molecule has 0 aliphatic heterocycles. The molecule has 2 rings (SSSR count). The molecule has 4 heteroatoms. The van der Waals surface area contributed by atoms with Crippen LogP contribution in [-0.2, 0) is 0 Å². The maximum atomic E-state index is 5.75. The largest absolute Gasteiger partial charge is 0.439 e. The molecule has 0 fully saturated rings. The van der Waals surface area contributed by atoms with Crippen LogP contribution in [0.25, 0.3) is 0 Å². The lowest BCUT2D eigenvalue weighted by atomic mass is 10.2. The number of hydrogen-bond donors (Lipinski definition) is 1. The van der Waals surface area contributed by atoms with Crippen molar-refractivity contribution in [2.75, 3.05) is 0 Å². The van der Waals surface area contributed by atoms with E-state index in [1.807, 2.05) is 43.3 Å². The van der Waals surface area contributed by atoms with Crippen LogP contribution in [0.1, 0.15) is 18.5 Å². The van der Waals surface area contributed by atoms with Crippen LogP contribution in [0, 0.1) is 0 Å². The number of ether oxygens (including phenoxy) is 1. The van der Waals surface area contributed by atoms with Crippen molar-refractivity contribution in [3.05, 3.63) is 52.6 Å². The first-order valence-electron chi connectivity index (χ1n) is 5.30. The summed E-state index contributed by atoms with van der Waals surface area (Å²) in [5.74, 6) is 1.32. The second kappa shape index (κ2) is 5.29. The summed E-state index contributed by atoms with van der Waals surface area (Å²) in [6, 6.07) is 11.3. The Bertz CT molecular complexity index is 480. The first-order chi connectivity index (χ1) is 8.15. The van der Waals surface area contributed by atoms with Crippen molar-refractivity contribution < 1.29 is 4.74 Å². The molecule has 0 amide bonds. The van der Waals surface area contributed by atoms with Gasteiger partial charge in [0.1, 0.15) is 5.75 Å². The van der Waals surface area contributed by atoms with Crippen LogP contribution < -0.4 is 10.5 Å². The van der Waals surface area contributed by atoms with Gasteiger partial charge in [-0.25, -0.2) is 4.98 Å². The molecule has 1 aromatic heterocycles. The summed E-state index contributed by atoms with van der Waals surface area (Å²) in [5.41, 5.74) is 6.74. The summed E-state index contributed by atoms with van der Waals surface area (Å²) in [5, 5.41) is 0. The number of nitrogens with zero attached hydrogens (tertiary/aromatic N) is 1. The van der Waals surface area contributed by atoms with Crippen LogP contribution in [0.3, 0.4) is 0 Å². The summed E-state index contributed by atoms with van der Waals surface area (Å²) in [4.78, 5) is 4.20. The summed E-state index contributed by atoms with van der Waals surface area (Å²) < 4.78 is 6.61. The van der Waals surface area contributed by atoms with Crippen LogP contribution in [0.15, 0.2) is 47.1 Å². The smallest absolute Gasteiger partial charge is 0.219 e. The van der Waals surface area contributed by atoms with E-state index in [0.717, 1.165) is 15.8 Å². The SMILES string of the molecule is C[C@@H](N)c1ccc(Oc2ccc(Br)cc2)nc1. The summed E-state index contributed by atoms with van der Waals surface area (Å²) in [7, 11) is 0. The molecule has 17 heavy (non-hydrogen) atoms. The third-order valence-electron chi connectivity index (χ3n) is 2.32. The Morgan fingerprint density at radius 1 is 1.18 bits per heavy atom. The van der Waals surface area contributed by atoms with E-state index in [1.165, 1.54) is 0 Å². The molecule has 0 bridgehead atoms. The molecule has 2 aromatic rings. The molecule has 88 valence electrons. The predicted molar refractivity (Wildman–Crippen MR) is 71.1 cm³/mol. The predicted octanol–water partition coefficient (Wildman–Crippen LogP) is 3.66. The average molecular weight is 293 g/mol. The fraction of sp³-hybridized carbons (Fsp3) is 0.154. The minimum atomic E-state index is -0.00997. The van der Waals surface area contributed by atoms with E-state index in [1.54, 1.807) is 6.20 Å². The van der Waals surface area contributed by atoms with Crippen molar-refractivity contribution in [3.63, 3.8) is 0 Å². The van der Waals surface area contributed by atoms with E-state index in [0.29, 0.717) is 5.88 Å². The monoisotopic (exact) mass is 292 g/mol. The van der Waals surface area contributed by atoms with Crippen LogP contribution in [0.5, 0.6) is 11.6 Å². The van der Waals surface area contributed by atoms with Gasteiger partial charge >= 0.3 is 0 Å². The Balaban J connectivity index is 2.11. The van der Waals surface area contributed by atoms with Crippen molar-refractivity contribution in [2.45, 2.75) is 13.0 Å². The quantitative estimate of drug-likeness (QED) is 0.939. The first kappa shape index (κ1) is 12.1. The van der Waals surface area contributed by atoms with Gasteiger partial charge in [-0.2, -0.15) is 0 Å². The molecule has 0 aliphatic rings. The van der Waals surface area contributed by atoms with Gasteiger partial charge in [0, 0.05) is 22.8 Å². The molecule has 1 aromatic carbocycles. The zero-order valence-corrected chi connectivity index (χ0v) is 11.0. The van der Waals surface area contributed by atoms with E-state index < -0.39 is 0 Å². The fourth-order valence-corrected chi connectivity index (χ4v) is 1.61. The molecular weight excluding hydrogens is 280 g/mol. The topological polar surface area (TPSA) is 48.1 Å². The Morgan fingerprint density at radius 2 is 1.88 bits per heavy atom. The molecule has 0 radical (unpaired) electrons. The zero-order chi connectivity index (χ0) is 12.3. The van der Waals surface area contributed by atoms with Gasteiger partial charge in [-0.05, 0) is 36.8 Å². The standard InChI is InChI=1S/C13H13BrN2O/c1-9(15)10-2-7-13(16-8-10)17-12-5-3-11(14)4-6-12/h2-9H,15H2,1H3/t9-/m1/s1. The Kier molecular flexibility index (Phi) is 3.76. The lowest BCUT2D eigenvalue weighted by Crippen LogP contribution is -2.05. The van der Waals surface area contributed by atoms with Crippen LogP contribution in [0.2, 0.25) is 0 Å². The van der Waals surface area contributed by atoms with Gasteiger partial charge in [0.15, 0.2) is 0 Å². The van der Waals surface area contributed by atoms with Crippen molar-refractivity contribution in [3.8, 4) is 11.6 Å². The Hall–Kier alpha value is -1.39. The Morgan fingerprint density at radius 3 is 2.41 bits per heavy atom. The highest BCUT2D eigenvalue weighted by atomic mass is 79.9. The van der Waals surface area contributed by atoms with Gasteiger partial charge in [0.25, 0.3) is 0 Å². The molecule has 2 N–H and O–H groups in total. The van der Waals surface area contributed by atoms with Gasteiger partial charge in [0.2, 0.25) is 5.88 Å². The number of nitrogens with two attached hydrogens (primary N) is 1. The lowest BCUT2D eigenvalue weighted by molar-refractivity contribution is 0.462. The number of benzene rings is 1. The van der Waals surface area contributed by atoms with Crippen molar-refractivity contribution in [1.82, 2.24) is 4.98 Å². The fourth-order valence-electron chi connectivity index (χ4n) is 1.34. The normalized spacial score (nSPS) is 12.2. The Labute approximate surface area is 109 Å². The lowest BCUT2D eigenvalue weighted by Gasteiger charge is -2.07. The molecule has 0 spiro atoms. The minimum Gasteiger partial charge on any atom is -0.439 e. The first-order valence-corrected chi connectivity index (χ1v) is 6.09. The molecule has 1 heterocycles. The second-order valence-corrected chi connectivity index (χ2v) is 4.69. The van der Waals surface area contributed by atoms with Crippen molar-refractivity contribution in [1.29, 1.82) is 0 Å². The van der Waals surface area contributed by atoms with Gasteiger partial charge in [-0.3, -0.25) is 0 Å². The zero-order valence-electron chi connectivity index (χ0n) is 9.43. The summed E-state index contributed by atoms with van der Waals surface area (Å²) in [6.45, 7) is 1.92. The van der Waals surface area contributed by atoms with Crippen molar-refractivity contribution in [2.24, 2.45) is 5.73 Å². The molecule has 1 atom stereocenters. The van der Waals surface area contributed by atoms with E-state index in [9.17, 15) is 0 Å².